The SMILES string of the molecule is C#CCSCCNC(=O)C(=O)OC. The third kappa shape index (κ3) is 6.05. The molecule has 0 bridgehead atoms. The summed E-state index contributed by atoms with van der Waals surface area (Å²) in [5.41, 5.74) is 0. The Morgan fingerprint density at radius 3 is 2.85 bits per heavy atom. The molecule has 1 N–H and O–H groups in total. The van der Waals surface area contributed by atoms with Gasteiger partial charge < -0.3 is 10.1 Å². The molecule has 13 heavy (non-hydrogen) atoms. The molecule has 0 rings (SSSR count). The van der Waals surface area contributed by atoms with Crippen LogP contribution in [0.2, 0.25) is 0 Å². The van der Waals surface area contributed by atoms with Crippen molar-refractivity contribution in [2.45, 2.75) is 0 Å². The van der Waals surface area contributed by atoms with Crippen LogP contribution in [0, 0.1) is 12.3 Å². The van der Waals surface area contributed by atoms with Gasteiger partial charge >= 0.3 is 11.9 Å². The average molecular weight is 201 g/mol. The highest BCUT2D eigenvalue weighted by atomic mass is 32.2. The lowest BCUT2D eigenvalue weighted by atomic mass is 10.6. The molecule has 0 spiro atoms. The molecule has 0 aromatic heterocycles. The van der Waals surface area contributed by atoms with Gasteiger partial charge in [-0.2, -0.15) is 0 Å². The van der Waals surface area contributed by atoms with Crippen molar-refractivity contribution in [1.29, 1.82) is 0 Å². The fraction of sp³-hybridized carbons (Fsp3) is 0.500. The molecule has 0 aliphatic rings. The van der Waals surface area contributed by atoms with Gasteiger partial charge in [0.05, 0.1) is 12.9 Å². The first kappa shape index (κ1) is 11.8. The number of ether oxygens (including phenoxy) is 1. The van der Waals surface area contributed by atoms with Gasteiger partial charge in [0.15, 0.2) is 0 Å². The Kier molecular flexibility index (Phi) is 6.83. The van der Waals surface area contributed by atoms with Gasteiger partial charge in [0.2, 0.25) is 0 Å². The number of hydrogen-bond donors (Lipinski definition) is 1. The summed E-state index contributed by atoms with van der Waals surface area (Å²) in [5.74, 6) is 2.15. The van der Waals surface area contributed by atoms with Crippen molar-refractivity contribution in [2.24, 2.45) is 0 Å². The van der Waals surface area contributed by atoms with Crippen LogP contribution in [-0.4, -0.2) is 37.0 Å². The number of thioether (sulfide) groups is 1. The van der Waals surface area contributed by atoms with Crippen LogP contribution < -0.4 is 5.32 Å². The van der Waals surface area contributed by atoms with E-state index in [1.54, 1.807) is 0 Å². The molecule has 0 saturated heterocycles. The molecular formula is C8H11NO3S. The first-order chi connectivity index (χ1) is 6.22. The average Bonchev–Trinajstić information content (AvgIpc) is 2.16. The molecule has 0 aromatic carbocycles. The van der Waals surface area contributed by atoms with Crippen molar-refractivity contribution in [3.05, 3.63) is 0 Å². The molecule has 1 amide bonds. The van der Waals surface area contributed by atoms with Gasteiger partial charge in [-0.15, -0.1) is 18.2 Å². The van der Waals surface area contributed by atoms with E-state index in [-0.39, 0.29) is 0 Å². The maximum atomic E-state index is 10.8. The maximum absolute atomic E-state index is 10.8. The normalized spacial score (nSPS) is 8.62. The van der Waals surface area contributed by atoms with Crippen molar-refractivity contribution >= 4 is 23.6 Å². The number of methoxy groups -OCH3 is 1. The van der Waals surface area contributed by atoms with E-state index in [4.69, 9.17) is 6.42 Å². The molecule has 0 radical (unpaired) electrons. The van der Waals surface area contributed by atoms with Gasteiger partial charge in [0.1, 0.15) is 0 Å². The number of hydrogen-bond acceptors (Lipinski definition) is 4. The predicted octanol–water partition coefficient (Wildman–Crippen LogP) is -0.358. The van der Waals surface area contributed by atoms with Crippen molar-refractivity contribution in [2.75, 3.05) is 25.2 Å². The van der Waals surface area contributed by atoms with Gasteiger partial charge in [-0.3, -0.25) is 4.79 Å². The van der Waals surface area contributed by atoms with Gasteiger partial charge in [0, 0.05) is 12.3 Å². The number of nitrogens with one attached hydrogen (secondary N) is 1. The first-order valence-corrected chi connectivity index (χ1v) is 4.75. The minimum absolute atomic E-state index is 0.417. The number of rotatable bonds is 4. The zero-order chi connectivity index (χ0) is 10.1. The second kappa shape index (κ2) is 7.50. The Hall–Kier alpha value is -1.15. The summed E-state index contributed by atoms with van der Waals surface area (Å²) in [4.78, 5) is 21.3. The number of carbonyl (C=O) groups excluding carboxylic acids is 2. The molecule has 0 aliphatic carbocycles. The van der Waals surface area contributed by atoms with Crippen LogP contribution in [0.25, 0.3) is 0 Å². The summed E-state index contributed by atoms with van der Waals surface area (Å²) in [7, 11) is 1.16. The minimum Gasteiger partial charge on any atom is -0.462 e. The predicted molar refractivity (Wildman–Crippen MR) is 51.2 cm³/mol. The van der Waals surface area contributed by atoms with Crippen LogP contribution in [0.3, 0.4) is 0 Å². The first-order valence-electron chi connectivity index (χ1n) is 3.59. The fourth-order valence-electron chi connectivity index (χ4n) is 0.533. The second-order valence-corrected chi connectivity index (χ2v) is 3.11. The molecule has 72 valence electrons. The lowest BCUT2D eigenvalue weighted by molar-refractivity contribution is -0.152. The Morgan fingerprint density at radius 1 is 1.62 bits per heavy atom. The zero-order valence-electron chi connectivity index (χ0n) is 7.33. The van der Waals surface area contributed by atoms with Crippen LogP contribution in [0.15, 0.2) is 0 Å². The monoisotopic (exact) mass is 201 g/mol. The van der Waals surface area contributed by atoms with Gasteiger partial charge in [-0.25, -0.2) is 4.79 Å². The van der Waals surface area contributed by atoms with Crippen molar-refractivity contribution in [3.8, 4) is 12.3 Å². The molecule has 5 heteroatoms. The van der Waals surface area contributed by atoms with Crippen molar-refractivity contribution in [3.63, 3.8) is 0 Å². The summed E-state index contributed by atoms with van der Waals surface area (Å²) < 4.78 is 4.20. The van der Waals surface area contributed by atoms with Crippen LogP contribution >= 0.6 is 11.8 Å². The van der Waals surface area contributed by atoms with Gasteiger partial charge in [0.25, 0.3) is 0 Å². The molecule has 0 saturated carbocycles. The summed E-state index contributed by atoms with van der Waals surface area (Å²) in [6, 6.07) is 0. The fourth-order valence-corrected chi connectivity index (χ4v) is 1.04. The molecule has 0 heterocycles. The molecule has 0 aromatic rings. The maximum Gasteiger partial charge on any atom is 0.396 e. The lowest BCUT2D eigenvalue weighted by Gasteiger charge is -2.01. The van der Waals surface area contributed by atoms with E-state index in [9.17, 15) is 9.59 Å². The molecule has 4 nitrogen and oxygen atoms in total. The molecule has 0 aliphatic heterocycles. The van der Waals surface area contributed by atoms with E-state index in [2.05, 4.69) is 16.0 Å². The number of esters is 1. The summed E-state index contributed by atoms with van der Waals surface area (Å²) >= 11 is 1.51. The highest BCUT2D eigenvalue weighted by molar-refractivity contribution is 7.99. The minimum atomic E-state index is -0.873. The van der Waals surface area contributed by atoms with Crippen molar-refractivity contribution in [1.82, 2.24) is 5.32 Å². The summed E-state index contributed by atoms with van der Waals surface area (Å²) in [5, 5.41) is 2.39. The van der Waals surface area contributed by atoms with Crippen LogP contribution in [0.4, 0.5) is 0 Å². The van der Waals surface area contributed by atoms with E-state index >= 15 is 0 Å². The van der Waals surface area contributed by atoms with E-state index in [1.807, 2.05) is 0 Å². The molecular weight excluding hydrogens is 190 g/mol. The smallest absolute Gasteiger partial charge is 0.396 e. The number of amides is 1. The van der Waals surface area contributed by atoms with Gasteiger partial charge in [-0.05, 0) is 0 Å². The Labute approximate surface area is 81.4 Å². The van der Waals surface area contributed by atoms with E-state index in [0.717, 1.165) is 7.11 Å². The number of terminal acetylenes is 1. The third-order valence-electron chi connectivity index (χ3n) is 1.09. The second-order valence-electron chi connectivity index (χ2n) is 2.00. The van der Waals surface area contributed by atoms with Gasteiger partial charge in [-0.1, -0.05) is 5.92 Å². The van der Waals surface area contributed by atoms with E-state index in [1.165, 1.54) is 11.8 Å². The molecule has 0 unspecified atom stereocenters. The van der Waals surface area contributed by atoms with Crippen molar-refractivity contribution < 1.29 is 14.3 Å². The molecule has 0 fully saturated rings. The Bertz CT molecular complexity index is 222. The zero-order valence-corrected chi connectivity index (χ0v) is 8.15. The summed E-state index contributed by atoms with van der Waals surface area (Å²) in [6.45, 7) is 0.417. The highest BCUT2D eigenvalue weighted by Gasteiger charge is 2.11. The largest absolute Gasteiger partial charge is 0.462 e. The quantitative estimate of drug-likeness (QED) is 0.292. The summed E-state index contributed by atoms with van der Waals surface area (Å²) in [6.07, 6.45) is 5.01. The molecule has 0 atom stereocenters. The standard InChI is InChI=1S/C8H11NO3S/c1-3-5-13-6-4-9-7(10)8(11)12-2/h1H,4-6H2,2H3,(H,9,10). The Morgan fingerprint density at radius 2 is 2.31 bits per heavy atom. The number of carbonyl (C=O) groups is 2. The van der Waals surface area contributed by atoms with Crippen LogP contribution in [-0.2, 0) is 14.3 Å². The van der Waals surface area contributed by atoms with Crippen LogP contribution in [0.1, 0.15) is 0 Å². The third-order valence-corrected chi connectivity index (χ3v) is 1.95. The highest BCUT2D eigenvalue weighted by Crippen LogP contribution is 1.94. The van der Waals surface area contributed by atoms with E-state index in [0.29, 0.717) is 18.1 Å². The topological polar surface area (TPSA) is 55.4 Å². The lowest BCUT2D eigenvalue weighted by Crippen LogP contribution is -2.33. The van der Waals surface area contributed by atoms with E-state index < -0.39 is 11.9 Å². The Balaban J connectivity index is 3.38. The van der Waals surface area contributed by atoms with Crippen LogP contribution in [0.5, 0.6) is 0 Å².